The van der Waals surface area contributed by atoms with Crippen LogP contribution in [0.2, 0.25) is 0 Å². The number of nitrogens with two attached hydrogens (primary N) is 1. The Hall–Kier alpha value is -1.41. The quantitative estimate of drug-likeness (QED) is 0.881. The molecule has 0 aliphatic carbocycles. The molecule has 0 bridgehead atoms. The minimum atomic E-state index is -0.945. The minimum Gasteiger partial charge on any atom is -0.397 e. The van der Waals surface area contributed by atoms with E-state index in [0.717, 1.165) is 15.9 Å². The zero-order chi connectivity index (χ0) is 15.0. The molecule has 0 saturated heterocycles. The molecule has 0 radical (unpaired) electrons. The average molecular weight is 314 g/mol. The molecular weight excluding hydrogens is 296 g/mol. The number of aryl methyl sites for hydroxylation is 2. The number of aromatic nitrogens is 2. The zero-order valence-electron chi connectivity index (χ0n) is 11.9. The summed E-state index contributed by atoms with van der Waals surface area (Å²) in [4.78, 5) is 13.6. The summed E-state index contributed by atoms with van der Waals surface area (Å²) >= 11 is 1.33. The molecule has 1 amide bonds. The third kappa shape index (κ3) is 2.71. The largest absolute Gasteiger partial charge is 0.397 e. The molecule has 0 fully saturated rings. The Labute approximate surface area is 123 Å². The highest BCUT2D eigenvalue weighted by atomic mass is 32.2. The molecule has 2 aromatic rings. The van der Waals surface area contributed by atoms with Crippen molar-refractivity contribution >= 4 is 43.9 Å². The van der Waals surface area contributed by atoms with Crippen molar-refractivity contribution in [3.63, 3.8) is 0 Å². The number of amides is 1. The summed E-state index contributed by atoms with van der Waals surface area (Å²) in [6.45, 7) is 3.70. The number of rotatable bonds is 4. The Morgan fingerprint density at radius 1 is 1.60 bits per heavy atom. The van der Waals surface area contributed by atoms with Gasteiger partial charge in [0, 0.05) is 35.9 Å². The first-order valence-corrected chi connectivity index (χ1v) is 8.68. The van der Waals surface area contributed by atoms with E-state index in [1.807, 2.05) is 20.9 Å². The Kier molecular flexibility index (Phi) is 4.14. The fourth-order valence-electron chi connectivity index (χ4n) is 2.18. The summed E-state index contributed by atoms with van der Waals surface area (Å²) in [5.41, 5.74) is 7.36. The van der Waals surface area contributed by atoms with Gasteiger partial charge in [-0.25, -0.2) is 0 Å². The normalized spacial score (nSPS) is 14.4. The molecule has 2 heterocycles. The number of nitrogens with zero attached hydrogens (tertiary/aromatic N) is 2. The maximum absolute atomic E-state index is 12.2. The summed E-state index contributed by atoms with van der Waals surface area (Å²) in [5.74, 6) is 0.206. The van der Waals surface area contributed by atoms with Crippen LogP contribution in [0.4, 0.5) is 5.69 Å². The van der Waals surface area contributed by atoms with Gasteiger partial charge in [-0.05, 0) is 13.8 Å². The molecule has 2 aromatic heterocycles. The lowest BCUT2D eigenvalue weighted by Crippen LogP contribution is -2.36. The summed E-state index contributed by atoms with van der Waals surface area (Å²) in [5, 5.41) is 7.96. The maximum atomic E-state index is 12.2. The van der Waals surface area contributed by atoms with Crippen LogP contribution in [0.25, 0.3) is 10.2 Å². The van der Waals surface area contributed by atoms with Crippen molar-refractivity contribution in [3.05, 3.63) is 10.6 Å². The maximum Gasteiger partial charge on any atom is 0.263 e. The van der Waals surface area contributed by atoms with Crippen LogP contribution in [0.1, 0.15) is 22.3 Å². The Morgan fingerprint density at radius 3 is 2.80 bits per heavy atom. The van der Waals surface area contributed by atoms with Crippen molar-refractivity contribution < 1.29 is 9.00 Å². The van der Waals surface area contributed by atoms with Crippen LogP contribution in [0.15, 0.2) is 0 Å². The van der Waals surface area contributed by atoms with Gasteiger partial charge in [-0.1, -0.05) is 0 Å². The van der Waals surface area contributed by atoms with Crippen molar-refractivity contribution in [2.75, 3.05) is 17.7 Å². The number of hydrogen-bond donors (Lipinski definition) is 2. The van der Waals surface area contributed by atoms with Crippen molar-refractivity contribution in [3.8, 4) is 0 Å². The number of anilines is 1. The van der Waals surface area contributed by atoms with E-state index in [1.165, 1.54) is 11.3 Å². The summed E-state index contributed by atoms with van der Waals surface area (Å²) < 4.78 is 12.9. The van der Waals surface area contributed by atoms with Gasteiger partial charge in [0.05, 0.1) is 16.8 Å². The van der Waals surface area contributed by atoms with E-state index in [-0.39, 0.29) is 11.9 Å². The first kappa shape index (κ1) is 15.0. The number of nitrogens with one attached hydrogen (secondary N) is 1. The SMILES string of the molecule is Cc1nn(C)c2sc(C(=O)NC(C)CS(C)=O)c(N)c12. The van der Waals surface area contributed by atoms with Crippen molar-refractivity contribution in [1.29, 1.82) is 0 Å². The van der Waals surface area contributed by atoms with Crippen LogP contribution >= 0.6 is 11.3 Å². The molecule has 3 N–H and O–H groups in total. The Bertz CT molecular complexity index is 689. The number of hydrogen-bond acceptors (Lipinski definition) is 5. The number of carbonyl (C=O) groups excluding carboxylic acids is 1. The lowest BCUT2D eigenvalue weighted by atomic mass is 10.2. The topological polar surface area (TPSA) is 90.0 Å². The van der Waals surface area contributed by atoms with E-state index in [2.05, 4.69) is 10.4 Å². The highest BCUT2D eigenvalue weighted by molar-refractivity contribution is 7.84. The van der Waals surface area contributed by atoms with Crippen LogP contribution in [-0.4, -0.2) is 37.9 Å². The van der Waals surface area contributed by atoms with Crippen LogP contribution in [-0.2, 0) is 17.8 Å². The molecule has 20 heavy (non-hydrogen) atoms. The standard InChI is InChI=1S/C12H18N4O2S2/c1-6(5-20(4)18)14-11(17)10-9(13)8-7(2)15-16(3)12(8)19-10/h6H,5,13H2,1-4H3,(H,14,17). The molecule has 0 saturated carbocycles. The van der Waals surface area contributed by atoms with E-state index < -0.39 is 10.8 Å². The highest BCUT2D eigenvalue weighted by Crippen LogP contribution is 2.35. The van der Waals surface area contributed by atoms with E-state index in [9.17, 15) is 9.00 Å². The van der Waals surface area contributed by atoms with Gasteiger partial charge < -0.3 is 11.1 Å². The number of nitrogen functional groups attached to an aromatic ring is 1. The molecule has 110 valence electrons. The molecule has 0 spiro atoms. The van der Waals surface area contributed by atoms with Gasteiger partial charge in [0.1, 0.15) is 9.71 Å². The molecule has 0 aliphatic rings. The lowest BCUT2D eigenvalue weighted by molar-refractivity contribution is 0.0948. The number of thiophene rings is 1. The Balaban J connectivity index is 2.29. The number of carbonyl (C=O) groups is 1. The molecule has 2 unspecified atom stereocenters. The van der Waals surface area contributed by atoms with Crippen molar-refractivity contribution in [2.24, 2.45) is 7.05 Å². The third-order valence-corrected chi connectivity index (χ3v) is 5.19. The van der Waals surface area contributed by atoms with Crippen LogP contribution < -0.4 is 11.1 Å². The fourth-order valence-corrected chi connectivity index (χ4v) is 4.06. The smallest absolute Gasteiger partial charge is 0.263 e. The van der Waals surface area contributed by atoms with Crippen molar-refractivity contribution in [1.82, 2.24) is 15.1 Å². The van der Waals surface area contributed by atoms with E-state index in [1.54, 1.807) is 10.9 Å². The van der Waals surface area contributed by atoms with Crippen LogP contribution in [0, 0.1) is 6.92 Å². The third-order valence-electron chi connectivity index (χ3n) is 2.95. The summed E-state index contributed by atoms with van der Waals surface area (Å²) in [7, 11) is 0.884. The predicted molar refractivity (Wildman–Crippen MR) is 83.6 cm³/mol. The highest BCUT2D eigenvalue weighted by Gasteiger charge is 2.22. The molecule has 0 aliphatic heterocycles. The molecule has 6 nitrogen and oxygen atoms in total. The predicted octanol–water partition coefficient (Wildman–Crippen LogP) is 1.02. The minimum absolute atomic E-state index is 0.155. The van der Waals surface area contributed by atoms with Gasteiger partial charge in [0.2, 0.25) is 0 Å². The van der Waals surface area contributed by atoms with Gasteiger partial charge in [0.15, 0.2) is 0 Å². The van der Waals surface area contributed by atoms with Gasteiger partial charge in [-0.15, -0.1) is 11.3 Å². The summed E-state index contributed by atoms with van der Waals surface area (Å²) in [6.07, 6.45) is 1.62. The summed E-state index contributed by atoms with van der Waals surface area (Å²) in [6, 6.07) is -0.155. The van der Waals surface area contributed by atoms with Crippen LogP contribution in [0.3, 0.4) is 0 Å². The lowest BCUT2D eigenvalue weighted by Gasteiger charge is -2.11. The molecular formula is C12H18N4O2S2. The van der Waals surface area contributed by atoms with E-state index >= 15 is 0 Å². The van der Waals surface area contributed by atoms with Crippen molar-refractivity contribution in [2.45, 2.75) is 19.9 Å². The second-order valence-electron chi connectivity index (χ2n) is 4.85. The van der Waals surface area contributed by atoms with Gasteiger partial charge in [0.25, 0.3) is 5.91 Å². The zero-order valence-corrected chi connectivity index (χ0v) is 13.5. The van der Waals surface area contributed by atoms with Gasteiger partial charge >= 0.3 is 0 Å². The molecule has 0 aromatic carbocycles. The second kappa shape index (κ2) is 5.53. The monoisotopic (exact) mass is 314 g/mol. The number of fused-ring (bicyclic) bond motifs is 1. The van der Waals surface area contributed by atoms with Gasteiger partial charge in [-0.2, -0.15) is 5.10 Å². The van der Waals surface area contributed by atoms with Gasteiger partial charge in [-0.3, -0.25) is 13.7 Å². The first-order chi connectivity index (χ1) is 9.31. The van der Waals surface area contributed by atoms with Crippen LogP contribution in [0.5, 0.6) is 0 Å². The molecule has 8 heteroatoms. The fraction of sp³-hybridized carbons (Fsp3) is 0.500. The average Bonchev–Trinajstić information content (AvgIpc) is 2.78. The first-order valence-electron chi connectivity index (χ1n) is 6.13. The second-order valence-corrected chi connectivity index (χ2v) is 7.33. The van der Waals surface area contributed by atoms with E-state index in [4.69, 9.17) is 5.73 Å². The molecule has 2 atom stereocenters. The molecule has 2 rings (SSSR count). The van der Waals surface area contributed by atoms with E-state index in [0.29, 0.717) is 16.3 Å². The Morgan fingerprint density at radius 2 is 2.25 bits per heavy atom.